The van der Waals surface area contributed by atoms with E-state index in [0.717, 1.165) is 6.42 Å². The largest absolute Gasteiger partial charge is 0.362 e. The van der Waals surface area contributed by atoms with Crippen molar-refractivity contribution in [3.8, 4) is 0 Å². The maximum absolute atomic E-state index is 12.1. The Bertz CT molecular complexity index is 461. The second-order valence-electron chi connectivity index (χ2n) is 5.54. The minimum absolute atomic E-state index is 0.308. The van der Waals surface area contributed by atoms with Crippen molar-refractivity contribution < 1.29 is 26.2 Å². The van der Waals surface area contributed by atoms with Crippen molar-refractivity contribution in [3.63, 3.8) is 0 Å². The van der Waals surface area contributed by atoms with Crippen molar-refractivity contribution >= 4 is 16.2 Å². The molecule has 0 aromatic heterocycles. The summed E-state index contributed by atoms with van der Waals surface area (Å²) in [6, 6.07) is 0. The van der Waals surface area contributed by atoms with Crippen LogP contribution in [-0.2, 0) is 19.3 Å². The van der Waals surface area contributed by atoms with Gasteiger partial charge in [0.05, 0.1) is 5.60 Å². The van der Waals surface area contributed by atoms with Gasteiger partial charge in [0.15, 0.2) is 0 Å². The fourth-order valence-electron chi connectivity index (χ4n) is 2.30. The zero-order valence-corrected chi connectivity index (χ0v) is 11.4. The van der Waals surface area contributed by atoms with E-state index in [4.69, 9.17) is 4.18 Å². The predicted octanol–water partition coefficient (Wildman–Crippen LogP) is 1.60. The van der Waals surface area contributed by atoms with Crippen LogP contribution in [0.1, 0.15) is 39.0 Å². The number of rotatable bonds is 6. The van der Waals surface area contributed by atoms with Crippen molar-refractivity contribution in [3.05, 3.63) is 0 Å². The second-order valence-corrected chi connectivity index (χ2v) is 6.82. The van der Waals surface area contributed by atoms with Crippen molar-refractivity contribution in [2.45, 2.75) is 51.1 Å². The van der Waals surface area contributed by atoms with E-state index in [1.807, 2.05) is 4.72 Å². The Morgan fingerprint density at radius 2 is 2.11 bits per heavy atom. The third-order valence-corrected chi connectivity index (χ3v) is 4.76. The first-order valence-corrected chi connectivity index (χ1v) is 7.67. The van der Waals surface area contributed by atoms with Crippen molar-refractivity contribution in [2.24, 2.45) is 11.8 Å². The average molecular weight is 297 g/mol. The molecule has 0 saturated heterocycles. The van der Waals surface area contributed by atoms with Crippen LogP contribution in [0.5, 0.6) is 0 Å². The van der Waals surface area contributed by atoms with E-state index in [1.54, 1.807) is 6.92 Å². The van der Waals surface area contributed by atoms with Gasteiger partial charge in [-0.05, 0) is 38.5 Å². The molecule has 0 radical (unpaired) electrons. The number of carbonyl (C=O) groups excluding carboxylic acids is 1. The molecule has 0 heterocycles. The lowest BCUT2D eigenvalue weighted by Crippen LogP contribution is -2.44. The smallest absolute Gasteiger partial charge is 0.274 e. The molecule has 1 N–H and O–H groups in total. The van der Waals surface area contributed by atoms with Crippen LogP contribution in [0.25, 0.3) is 0 Å². The number of nitrogens with one attached hydrogen (secondary N) is 1. The summed E-state index contributed by atoms with van der Waals surface area (Å²) in [5.41, 5.74) is -0.738. The summed E-state index contributed by atoms with van der Waals surface area (Å²) in [4.78, 5) is 11.6. The molecule has 8 heteroatoms. The van der Waals surface area contributed by atoms with E-state index in [9.17, 15) is 22.0 Å². The SMILES string of the molecule is CC1(OS(=O)(=O)NC(=O)[C@H]2C[C@H]2CC(F)F)CCC1. The molecule has 1 amide bonds. The minimum atomic E-state index is -4.14. The third kappa shape index (κ3) is 3.85. The summed E-state index contributed by atoms with van der Waals surface area (Å²) in [5, 5.41) is 0. The number of halogens is 2. The van der Waals surface area contributed by atoms with Crippen LogP contribution in [0.4, 0.5) is 8.78 Å². The van der Waals surface area contributed by atoms with Crippen molar-refractivity contribution in [1.82, 2.24) is 4.72 Å². The lowest BCUT2D eigenvalue weighted by atomic mass is 9.82. The molecule has 0 aliphatic heterocycles. The van der Waals surface area contributed by atoms with E-state index in [-0.39, 0.29) is 6.42 Å². The lowest BCUT2D eigenvalue weighted by Gasteiger charge is -2.36. The molecule has 2 rings (SSSR count). The van der Waals surface area contributed by atoms with Gasteiger partial charge in [-0.3, -0.25) is 4.79 Å². The van der Waals surface area contributed by atoms with Crippen LogP contribution in [0.3, 0.4) is 0 Å². The number of carbonyl (C=O) groups is 1. The number of amides is 1. The van der Waals surface area contributed by atoms with E-state index >= 15 is 0 Å². The van der Waals surface area contributed by atoms with Gasteiger partial charge >= 0.3 is 10.3 Å². The lowest BCUT2D eigenvalue weighted by molar-refractivity contribution is -0.121. The van der Waals surface area contributed by atoms with Gasteiger partial charge in [-0.25, -0.2) is 17.7 Å². The van der Waals surface area contributed by atoms with Crippen molar-refractivity contribution in [2.75, 3.05) is 0 Å². The molecule has 0 spiro atoms. The van der Waals surface area contributed by atoms with Crippen LogP contribution in [0, 0.1) is 11.8 Å². The molecular weight excluding hydrogens is 280 g/mol. The molecule has 0 bridgehead atoms. The zero-order chi connectivity index (χ0) is 14.3. The van der Waals surface area contributed by atoms with Crippen LogP contribution in [0.15, 0.2) is 0 Å². The van der Waals surface area contributed by atoms with Gasteiger partial charge < -0.3 is 0 Å². The maximum atomic E-state index is 12.1. The third-order valence-electron chi connectivity index (χ3n) is 3.69. The summed E-state index contributed by atoms with van der Waals surface area (Å²) < 4.78 is 54.1. The molecule has 2 fully saturated rings. The molecule has 2 aliphatic carbocycles. The monoisotopic (exact) mass is 297 g/mol. The van der Waals surface area contributed by atoms with Crippen molar-refractivity contribution in [1.29, 1.82) is 0 Å². The molecule has 19 heavy (non-hydrogen) atoms. The van der Waals surface area contributed by atoms with Crippen LogP contribution < -0.4 is 4.72 Å². The zero-order valence-electron chi connectivity index (χ0n) is 10.6. The first kappa shape index (κ1) is 14.6. The van der Waals surface area contributed by atoms with Gasteiger partial charge in [0.2, 0.25) is 12.3 Å². The van der Waals surface area contributed by atoms with E-state index < -0.39 is 40.1 Å². The Kier molecular flexibility index (Phi) is 3.83. The second kappa shape index (κ2) is 4.97. The predicted molar refractivity (Wildman–Crippen MR) is 62.6 cm³/mol. The van der Waals surface area contributed by atoms with Gasteiger partial charge in [-0.2, -0.15) is 8.42 Å². The normalized spacial score (nSPS) is 28.8. The molecule has 2 atom stereocenters. The summed E-state index contributed by atoms with van der Waals surface area (Å²) in [6.45, 7) is 1.66. The first-order chi connectivity index (χ1) is 8.71. The average Bonchev–Trinajstić information content (AvgIpc) is 2.92. The Morgan fingerprint density at radius 3 is 2.58 bits per heavy atom. The minimum Gasteiger partial charge on any atom is -0.274 e. The molecule has 110 valence electrons. The molecule has 0 aromatic rings. The van der Waals surface area contributed by atoms with Crippen LogP contribution >= 0.6 is 0 Å². The standard InChI is InChI=1S/C11H17F2NO4S/c1-11(3-2-4-11)18-19(16,17)14-10(15)8-5-7(8)6-9(12)13/h7-9H,2-6H2,1H3,(H,14,15)/t7-,8-/m0/s1. The first-order valence-electron chi connectivity index (χ1n) is 6.26. The number of hydrogen-bond donors (Lipinski definition) is 1. The summed E-state index contributed by atoms with van der Waals surface area (Å²) in [7, 11) is -4.14. The molecule has 2 saturated carbocycles. The number of alkyl halides is 2. The summed E-state index contributed by atoms with van der Waals surface area (Å²) in [5.74, 6) is -1.80. The topological polar surface area (TPSA) is 72.5 Å². The molecular formula is C11H17F2NO4S. The van der Waals surface area contributed by atoms with E-state index in [1.165, 1.54) is 0 Å². The molecule has 5 nitrogen and oxygen atoms in total. The maximum Gasteiger partial charge on any atom is 0.362 e. The highest BCUT2D eigenvalue weighted by Crippen LogP contribution is 2.43. The van der Waals surface area contributed by atoms with Gasteiger partial charge in [0, 0.05) is 12.3 Å². The Labute approximate surface area is 111 Å². The molecule has 2 aliphatic rings. The van der Waals surface area contributed by atoms with Gasteiger partial charge in [-0.15, -0.1) is 0 Å². The number of hydrogen-bond acceptors (Lipinski definition) is 4. The van der Waals surface area contributed by atoms with Crippen LogP contribution in [0.2, 0.25) is 0 Å². The van der Waals surface area contributed by atoms with Gasteiger partial charge in [-0.1, -0.05) is 0 Å². The highest BCUT2D eigenvalue weighted by Gasteiger charge is 2.46. The highest BCUT2D eigenvalue weighted by molar-refractivity contribution is 7.85. The quantitative estimate of drug-likeness (QED) is 0.808. The van der Waals surface area contributed by atoms with Gasteiger partial charge in [0.1, 0.15) is 0 Å². The fourth-order valence-corrected chi connectivity index (χ4v) is 3.44. The van der Waals surface area contributed by atoms with Crippen LogP contribution in [-0.4, -0.2) is 26.4 Å². The Hall–Kier alpha value is -0.760. The fraction of sp³-hybridized carbons (Fsp3) is 0.909. The summed E-state index contributed by atoms with van der Waals surface area (Å²) in [6.07, 6.45) is -0.387. The molecule has 0 unspecified atom stereocenters. The van der Waals surface area contributed by atoms with Gasteiger partial charge in [0.25, 0.3) is 0 Å². The van der Waals surface area contributed by atoms with E-state index in [2.05, 4.69) is 0 Å². The summed E-state index contributed by atoms with van der Waals surface area (Å²) >= 11 is 0. The highest BCUT2D eigenvalue weighted by atomic mass is 32.2. The Morgan fingerprint density at radius 1 is 1.47 bits per heavy atom. The molecule has 0 aromatic carbocycles. The Balaban J connectivity index is 1.82. The van der Waals surface area contributed by atoms with E-state index in [0.29, 0.717) is 19.3 Å².